The van der Waals surface area contributed by atoms with E-state index in [1.807, 2.05) is 30.3 Å². The predicted octanol–water partition coefficient (Wildman–Crippen LogP) is 1.33. The van der Waals surface area contributed by atoms with Crippen molar-refractivity contribution < 1.29 is 29.1 Å². The van der Waals surface area contributed by atoms with E-state index in [1.54, 1.807) is 60.8 Å². The van der Waals surface area contributed by atoms with E-state index in [9.17, 15) is 29.1 Å². The number of aromatic nitrogens is 1. The van der Waals surface area contributed by atoms with E-state index in [0.717, 1.165) is 22.0 Å². The van der Waals surface area contributed by atoms with Crippen LogP contribution in [0.2, 0.25) is 0 Å². The normalized spacial score (nSPS) is 13.6. The number of aliphatic carboxylic acids is 1. The van der Waals surface area contributed by atoms with E-state index >= 15 is 0 Å². The van der Waals surface area contributed by atoms with Crippen LogP contribution in [0.1, 0.15) is 29.5 Å². The maximum atomic E-state index is 13.8. The largest absolute Gasteiger partial charge is 0.480 e. The summed E-state index contributed by atoms with van der Waals surface area (Å²) < 4.78 is 0. The lowest BCUT2D eigenvalue weighted by atomic mass is 10.0. The lowest BCUT2D eigenvalue weighted by Crippen LogP contribution is -2.58. The topological polar surface area (TPSA) is 209 Å². The molecule has 0 aliphatic rings. The van der Waals surface area contributed by atoms with Gasteiger partial charge < -0.3 is 37.5 Å². The van der Waals surface area contributed by atoms with Gasteiger partial charge in [-0.3, -0.25) is 19.2 Å². The molecule has 9 N–H and O–H groups in total. The molecule has 12 nitrogen and oxygen atoms in total. The third kappa shape index (κ3) is 9.50. The molecule has 0 spiro atoms. The molecule has 12 heteroatoms. The first kappa shape index (κ1) is 33.4. The maximum Gasteiger partial charge on any atom is 0.326 e. The summed E-state index contributed by atoms with van der Waals surface area (Å²) in [6.07, 6.45) is 1.76. The number of carboxylic acids is 1. The van der Waals surface area contributed by atoms with Gasteiger partial charge in [-0.15, -0.1) is 0 Å². The molecule has 46 heavy (non-hydrogen) atoms. The van der Waals surface area contributed by atoms with Gasteiger partial charge in [0.05, 0.1) is 6.04 Å². The van der Waals surface area contributed by atoms with Gasteiger partial charge >= 0.3 is 5.97 Å². The van der Waals surface area contributed by atoms with Crippen molar-refractivity contribution in [1.29, 1.82) is 0 Å². The summed E-state index contributed by atoms with van der Waals surface area (Å²) >= 11 is 0. The molecule has 240 valence electrons. The lowest BCUT2D eigenvalue weighted by Gasteiger charge is -2.25. The van der Waals surface area contributed by atoms with Crippen molar-refractivity contribution in [3.63, 3.8) is 0 Å². The zero-order valence-corrected chi connectivity index (χ0v) is 25.1. The van der Waals surface area contributed by atoms with E-state index in [2.05, 4.69) is 20.9 Å². The van der Waals surface area contributed by atoms with Crippen LogP contribution in [-0.2, 0) is 43.2 Å². The molecule has 0 aliphatic heterocycles. The van der Waals surface area contributed by atoms with Crippen LogP contribution in [-0.4, -0.2) is 63.9 Å². The molecule has 3 aromatic carbocycles. The fraction of sp³-hybridized carbons (Fsp3) is 0.265. The number of carbonyl (C=O) groups is 5. The third-order valence-corrected chi connectivity index (χ3v) is 7.58. The number of hydrogen-bond acceptors (Lipinski definition) is 6. The Kier molecular flexibility index (Phi) is 11.6. The van der Waals surface area contributed by atoms with Crippen LogP contribution < -0.4 is 27.4 Å². The van der Waals surface area contributed by atoms with E-state index < -0.39 is 53.8 Å². The van der Waals surface area contributed by atoms with Crippen LogP contribution >= 0.6 is 0 Å². The minimum Gasteiger partial charge on any atom is -0.480 e. The molecule has 0 bridgehead atoms. The molecular formula is C34H38N6O6. The number of aromatic amines is 1. The summed E-state index contributed by atoms with van der Waals surface area (Å²) in [4.78, 5) is 67.1. The summed E-state index contributed by atoms with van der Waals surface area (Å²) in [5.41, 5.74) is 14.2. The van der Waals surface area contributed by atoms with Gasteiger partial charge in [0, 0.05) is 42.8 Å². The number of hydrogen-bond donors (Lipinski definition) is 7. The predicted molar refractivity (Wildman–Crippen MR) is 172 cm³/mol. The number of nitrogens with one attached hydrogen (secondary N) is 4. The van der Waals surface area contributed by atoms with Crippen LogP contribution in [0, 0.1) is 0 Å². The first-order valence-corrected chi connectivity index (χ1v) is 14.9. The van der Waals surface area contributed by atoms with Crippen LogP contribution in [0.5, 0.6) is 0 Å². The Balaban J connectivity index is 1.59. The monoisotopic (exact) mass is 626 g/mol. The van der Waals surface area contributed by atoms with E-state index in [1.165, 1.54) is 0 Å². The highest BCUT2D eigenvalue weighted by Crippen LogP contribution is 2.19. The summed E-state index contributed by atoms with van der Waals surface area (Å²) in [6.45, 7) is 0. The number of benzene rings is 3. The Hall–Kier alpha value is -5.49. The molecule has 4 unspecified atom stereocenters. The number of carbonyl (C=O) groups excluding carboxylic acids is 4. The van der Waals surface area contributed by atoms with Crippen molar-refractivity contribution in [3.8, 4) is 0 Å². The van der Waals surface area contributed by atoms with Gasteiger partial charge in [0.2, 0.25) is 23.6 Å². The average Bonchev–Trinajstić information content (AvgIpc) is 3.46. The van der Waals surface area contributed by atoms with Crippen LogP contribution in [0.3, 0.4) is 0 Å². The Bertz CT molecular complexity index is 1660. The molecular weight excluding hydrogens is 588 g/mol. The highest BCUT2D eigenvalue weighted by Gasteiger charge is 2.31. The quantitative estimate of drug-likeness (QED) is 0.0969. The maximum absolute atomic E-state index is 13.8. The number of fused-ring (bicyclic) bond motifs is 1. The van der Waals surface area contributed by atoms with Crippen LogP contribution in [0.15, 0.2) is 91.1 Å². The second-order valence-corrected chi connectivity index (χ2v) is 11.1. The molecule has 1 heterocycles. The third-order valence-electron chi connectivity index (χ3n) is 7.58. The average molecular weight is 627 g/mol. The van der Waals surface area contributed by atoms with Gasteiger partial charge in [0.15, 0.2) is 0 Å². The molecule has 4 rings (SSSR count). The lowest BCUT2D eigenvalue weighted by molar-refractivity contribution is -0.142. The number of para-hydroxylation sites is 1. The number of nitrogens with two attached hydrogens (primary N) is 2. The van der Waals surface area contributed by atoms with E-state index in [-0.39, 0.29) is 32.1 Å². The zero-order valence-electron chi connectivity index (χ0n) is 25.1. The van der Waals surface area contributed by atoms with Crippen molar-refractivity contribution in [1.82, 2.24) is 20.9 Å². The van der Waals surface area contributed by atoms with Gasteiger partial charge in [-0.25, -0.2) is 4.79 Å². The second kappa shape index (κ2) is 16.0. The molecule has 0 fully saturated rings. The van der Waals surface area contributed by atoms with Gasteiger partial charge in [-0.1, -0.05) is 78.9 Å². The zero-order chi connectivity index (χ0) is 33.1. The minimum absolute atomic E-state index is 0.00950. The van der Waals surface area contributed by atoms with Crippen molar-refractivity contribution >= 4 is 40.5 Å². The molecule has 0 aliphatic carbocycles. The van der Waals surface area contributed by atoms with E-state index in [4.69, 9.17) is 11.5 Å². The fourth-order valence-electron chi connectivity index (χ4n) is 5.09. The molecule has 4 atom stereocenters. The summed E-state index contributed by atoms with van der Waals surface area (Å²) in [5.74, 6) is -3.88. The molecule has 4 aromatic rings. The van der Waals surface area contributed by atoms with Crippen LogP contribution in [0.4, 0.5) is 0 Å². The summed E-state index contributed by atoms with van der Waals surface area (Å²) in [7, 11) is 0. The second-order valence-electron chi connectivity index (χ2n) is 11.1. The SMILES string of the molecule is NC(=O)CCC(N)C(=O)NC(Cc1ccccc1)C(=O)NC(Cc1c[nH]c2ccccc12)C(=O)NC(Cc1ccccc1)C(=O)O. The summed E-state index contributed by atoms with van der Waals surface area (Å²) in [6, 6.07) is 20.6. The summed E-state index contributed by atoms with van der Waals surface area (Å²) in [5, 5.41) is 18.8. The number of H-pyrrole nitrogens is 1. The van der Waals surface area contributed by atoms with Crippen molar-refractivity contribution in [2.45, 2.75) is 56.3 Å². The number of rotatable bonds is 16. The Morgan fingerprint density at radius 1 is 0.674 bits per heavy atom. The first-order valence-electron chi connectivity index (χ1n) is 14.9. The van der Waals surface area contributed by atoms with Gasteiger partial charge in [0.1, 0.15) is 18.1 Å². The van der Waals surface area contributed by atoms with Crippen molar-refractivity contribution in [3.05, 3.63) is 108 Å². The Morgan fingerprint density at radius 3 is 1.76 bits per heavy atom. The van der Waals surface area contributed by atoms with Crippen molar-refractivity contribution in [2.24, 2.45) is 11.5 Å². The van der Waals surface area contributed by atoms with Crippen LogP contribution in [0.25, 0.3) is 10.9 Å². The van der Waals surface area contributed by atoms with E-state index in [0.29, 0.717) is 5.56 Å². The van der Waals surface area contributed by atoms with Gasteiger partial charge in [-0.05, 0) is 29.2 Å². The first-order chi connectivity index (χ1) is 22.1. The number of amides is 4. The highest BCUT2D eigenvalue weighted by molar-refractivity contribution is 5.95. The molecule has 0 saturated carbocycles. The van der Waals surface area contributed by atoms with Gasteiger partial charge in [0.25, 0.3) is 0 Å². The Morgan fingerprint density at radius 2 is 1.17 bits per heavy atom. The molecule has 4 amide bonds. The smallest absolute Gasteiger partial charge is 0.326 e. The fourth-order valence-corrected chi connectivity index (χ4v) is 5.09. The molecule has 1 aromatic heterocycles. The highest BCUT2D eigenvalue weighted by atomic mass is 16.4. The molecule has 0 radical (unpaired) electrons. The number of carboxylic acid groups (broad SMARTS) is 1. The van der Waals surface area contributed by atoms with Crippen molar-refractivity contribution in [2.75, 3.05) is 0 Å². The molecule has 0 saturated heterocycles. The van der Waals surface area contributed by atoms with Gasteiger partial charge in [-0.2, -0.15) is 0 Å². The number of primary amides is 1. The standard InChI is InChI=1S/C34H38N6O6/c35-25(15-16-30(36)41)31(42)38-27(17-21-9-3-1-4-10-21)32(43)39-28(19-23-20-37-26-14-8-7-13-24(23)26)33(44)40-29(34(45)46)18-22-11-5-2-6-12-22/h1-14,20,25,27-29,37H,15-19,35H2,(H2,36,41)(H,38,42)(H,39,43)(H,40,44)(H,45,46). The Labute approximate surface area is 265 Å². The minimum atomic E-state index is -1.26.